The third kappa shape index (κ3) is 5.63. The molecule has 0 spiro atoms. The molecule has 2 aliphatic heterocycles. The van der Waals surface area contributed by atoms with Crippen LogP contribution in [-0.4, -0.2) is 72.3 Å². The summed E-state index contributed by atoms with van der Waals surface area (Å²) in [5.74, 6) is -2.80. The second-order valence-corrected chi connectivity index (χ2v) is 12.9. The standard InChI is InChI=1S/C30H30F3N3O6S/c31-21-5-1-4-20(18-21)24-6-2-8-27(36(24)43(39,40)26-10-9-22(32)19-23(26)33)30(11-12-30)42-29(38)35-15-13-34(14-16-35)28(37)25-7-3-17-41-25/h1,3-5,7,9-10,17-19,24,27H,2,6,8,11-16H2/t24-,27+/m0/s1. The fraction of sp³-hybridized carbons (Fsp3) is 0.400. The second kappa shape index (κ2) is 11.3. The van der Waals surface area contributed by atoms with Gasteiger partial charge in [0, 0.05) is 32.2 Å². The molecule has 3 aliphatic rings. The van der Waals surface area contributed by atoms with E-state index < -0.39 is 56.1 Å². The molecule has 3 fully saturated rings. The molecule has 0 unspecified atom stereocenters. The summed E-state index contributed by atoms with van der Waals surface area (Å²) in [6, 6.07) is 9.28. The smallest absolute Gasteiger partial charge is 0.410 e. The number of furan rings is 1. The number of amides is 2. The molecule has 0 bridgehead atoms. The minimum atomic E-state index is -4.60. The minimum absolute atomic E-state index is 0.206. The molecule has 1 aromatic heterocycles. The van der Waals surface area contributed by atoms with E-state index in [2.05, 4.69) is 0 Å². The van der Waals surface area contributed by atoms with Crippen LogP contribution in [0.15, 0.2) is 70.2 Å². The second-order valence-electron chi connectivity index (χ2n) is 11.1. The van der Waals surface area contributed by atoms with Crippen LogP contribution in [0.1, 0.15) is 54.3 Å². The Morgan fingerprint density at radius 1 is 0.884 bits per heavy atom. The fourth-order valence-corrected chi connectivity index (χ4v) is 8.11. The summed E-state index contributed by atoms with van der Waals surface area (Å²) in [6.07, 6.45) is 2.75. The number of hydrogen-bond donors (Lipinski definition) is 0. The first kappa shape index (κ1) is 29.2. The van der Waals surface area contributed by atoms with Crippen LogP contribution >= 0.6 is 0 Å². The predicted molar refractivity (Wildman–Crippen MR) is 147 cm³/mol. The Kier molecular flexibility index (Phi) is 7.71. The van der Waals surface area contributed by atoms with Crippen LogP contribution in [0.3, 0.4) is 0 Å². The van der Waals surface area contributed by atoms with E-state index in [4.69, 9.17) is 9.15 Å². The van der Waals surface area contributed by atoms with Gasteiger partial charge in [-0.15, -0.1) is 0 Å². The fourth-order valence-electron chi connectivity index (χ4n) is 6.14. The average Bonchev–Trinajstić information content (AvgIpc) is 3.56. The quantitative estimate of drug-likeness (QED) is 0.381. The highest BCUT2D eigenvalue weighted by Crippen LogP contribution is 2.52. The van der Waals surface area contributed by atoms with Gasteiger partial charge in [-0.3, -0.25) is 4.79 Å². The van der Waals surface area contributed by atoms with Gasteiger partial charge < -0.3 is 19.0 Å². The van der Waals surface area contributed by atoms with Gasteiger partial charge in [0.25, 0.3) is 5.91 Å². The predicted octanol–water partition coefficient (Wildman–Crippen LogP) is 5.11. The maximum Gasteiger partial charge on any atom is 0.410 e. The Morgan fingerprint density at radius 2 is 1.60 bits per heavy atom. The lowest BCUT2D eigenvalue weighted by molar-refractivity contribution is -0.0137. The van der Waals surface area contributed by atoms with Crippen molar-refractivity contribution < 1.29 is 40.3 Å². The summed E-state index contributed by atoms with van der Waals surface area (Å²) in [5, 5.41) is 0. The largest absolute Gasteiger partial charge is 0.459 e. The van der Waals surface area contributed by atoms with Gasteiger partial charge in [0.15, 0.2) is 5.76 Å². The molecule has 2 atom stereocenters. The molecule has 1 aliphatic carbocycles. The molecular weight excluding hydrogens is 587 g/mol. The van der Waals surface area contributed by atoms with Crippen molar-refractivity contribution in [3.8, 4) is 0 Å². The number of hydrogen-bond acceptors (Lipinski definition) is 6. The highest BCUT2D eigenvalue weighted by atomic mass is 32.2. The lowest BCUT2D eigenvalue weighted by Crippen LogP contribution is -2.56. The summed E-state index contributed by atoms with van der Waals surface area (Å²) in [5.41, 5.74) is -0.788. The summed E-state index contributed by atoms with van der Waals surface area (Å²) >= 11 is 0. The van der Waals surface area contributed by atoms with Gasteiger partial charge in [0.1, 0.15) is 27.9 Å². The normalized spacial score (nSPS) is 22.3. The number of ether oxygens (including phenoxy) is 1. The summed E-state index contributed by atoms with van der Waals surface area (Å²) < 4.78 is 83.6. The Morgan fingerprint density at radius 3 is 2.26 bits per heavy atom. The van der Waals surface area contributed by atoms with Crippen molar-refractivity contribution in [2.75, 3.05) is 26.2 Å². The maximum atomic E-state index is 14.9. The van der Waals surface area contributed by atoms with E-state index in [0.29, 0.717) is 43.7 Å². The zero-order chi connectivity index (χ0) is 30.4. The van der Waals surface area contributed by atoms with Gasteiger partial charge >= 0.3 is 6.09 Å². The molecule has 0 N–H and O–H groups in total. The number of benzene rings is 2. The molecule has 2 aromatic carbocycles. The van der Waals surface area contributed by atoms with Gasteiger partial charge in [-0.25, -0.2) is 26.4 Å². The van der Waals surface area contributed by atoms with Crippen LogP contribution in [0, 0.1) is 17.5 Å². The molecular formula is C30H30F3N3O6S. The highest BCUT2D eigenvalue weighted by Gasteiger charge is 2.60. The third-order valence-corrected chi connectivity index (χ3v) is 10.4. The van der Waals surface area contributed by atoms with Gasteiger partial charge in [0.05, 0.1) is 18.3 Å². The van der Waals surface area contributed by atoms with Crippen LogP contribution in [0.4, 0.5) is 18.0 Å². The number of carbonyl (C=O) groups excluding carboxylic acids is 2. The molecule has 3 aromatic rings. The van der Waals surface area contributed by atoms with Crippen molar-refractivity contribution in [3.05, 3.63) is 89.6 Å². The summed E-state index contributed by atoms with van der Waals surface area (Å²) in [7, 11) is -4.60. The van der Waals surface area contributed by atoms with Crippen molar-refractivity contribution in [2.45, 2.75) is 54.7 Å². The third-order valence-electron chi connectivity index (χ3n) is 8.45. The van der Waals surface area contributed by atoms with Gasteiger partial charge in [-0.05, 0) is 74.1 Å². The maximum absolute atomic E-state index is 14.9. The van der Waals surface area contributed by atoms with Gasteiger partial charge in [0.2, 0.25) is 10.0 Å². The average molecular weight is 618 g/mol. The Bertz CT molecular complexity index is 1620. The summed E-state index contributed by atoms with van der Waals surface area (Å²) in [4.78, 5) is 28.3. The van der Waals surface area contributed by atoms with E-state index >= 15 is 0 Å². The first-order chi connectivity index (χ1) is 20.6. The molecule has 2 amide bonds. The van der Waals surface area contributed by atoms with Crippen LogP contribution in [-0.2, 0) is 14.8 Å². The van der Waals surface area contributed by atoms with E-state index in [1.54, 1.807) is 23.1 Å². The van der Waals surface area contributed by atoms with E-state index in [1.807, 2.05) is 0 Å². The number of piperidine rings is 1. The molecule has 6 rings (SSSR count). The lowest BCUT2D eigenvalue weighted by Gasteiger charge is -2.45. The number of nitrogens with zero attached hydrogens (tertiary/aromatic N) is 3. The number of sulfonamides is 1. The van der Waals surface area contributed by atoms with Crippen LogP contribution in [0.25, 0.3) is 0 Å². The molecule has 0 radical (unpaired) electrons. The highest BCUT2D eigenvalue weighted by molar-refractivity contribution is 7.89. The Labute approximate surface area is 246 Å². The number of carbonyl (C=O) groups is 2. The van der Waals surface area contributed by atoms with Crippen LogP contribution in [0.5, 0.6) is 0 Å². The molecule has 1 saturated carbocycles. The Hall–Kier alpha value is -3.84. The lowest BCUT2D eigenvalue weighted by atomic mass is 9.90. The summed E-state index contributed by atoms with van der Waals surface area (Å²) in [6.45, 7) is 0.940. The zero-order valence-corrected chi connectivity index (χ0v) is 23.9. The van der Waals surface area contributed by atoms with E-state index in [-0.39, 0.29) is 37.8 Å². The Balaban J connectivity index is 1.26. The van der Waals surface area contributed by atoms with E-state index in [1.165, 1.54) is 29.4 Å². The van der Waals surface area contributed by atoms with Crippen LogP contribution in [0.2, 0.25) is 0 Å². The van der Waals surface area contributed by atoms with Crippen molar-refractivity contribution in [3.63, 3.8) is 0 Å². The van der Waals surface area contributed by atoms with E-state index in [0.717, 1.165) is 16.4 Å². The number of piperazine rings is 1. The number of rotatable bonds is 6. The van der Waals surface area contributed by atoms with Crippen molar-refractivity contribution in [1.29, 1.82) is 0 Å². The molecule has 43 heavy (non-hydrogen) atoms. The molecule has 228 valence electrons. The van der Waals surface area contributed by atoms with E-state index in [9.17, 15) is 31.2 Å². The van der Waals surface area contributed by atoms with Crippen LogP contribution < -0.4 is 0 Å². The molecule has 2 saturated heterocycles. The van der Waals surface area contributed by atoms with Crippen molar-refractivity contribution >= 4 is 22.0 Å². The zero-order valence-electron chi connectivity index (χ0n) is 23.1. The van der Waals surface area contributed by atoms with Gasteiger partial charge in [-0.2, -0.15) is 4.31 Å². The SMILES string of the molecule is O=C(OC1([C@H]2CCC[C@@H](c3cccc(F)c3)N2S(=O)(=O)c2ccc(F)cc2F)CC1)N1CCN(C(=O)c2ccco2)CC1. The van der Waals surface area contributed by atoms with Gasteiger partial charge in [-0.1, -0.05) is 12.1 Å². The van der Waals surface area contributed by atoms with Crippen molar-refractivity contribution in [1.82, 2.24) is 14.1 Å². The molecule has 9 nitrogen and oxygen atoms in total. The number of halogens is 3. The minimum Gasteiger partial charge on any atom is -0.459 e. The first-order valence-electron chi connectivity index (χ1n) is 14.1. The monoisotopic (exact) mass is 617 g/mol. The van der Waals surface area contributed by atoms with Crippen molar-refractivity contribution in [2.24, 2.45) is 0 Å². The first-order valence-corrected chi connectivity index (χ1v) is 15.6. The molecule has 13 heteroatoms. The topological polar surface area (TPSA) is 100 Å². The molecule has 3 heterocycles.